The van der Waals surface area contributed by atoms with Crippen LogP contribution in [0.5, 0.6) is 0 Å². The van der Waals surface area contributed by atoms with Crippen molar-refractivity contribution in [1.82, 2.24) is 5.32 Å². The van der Waals surface area contributed by atoms with Gasteiger partial charge < -0.3 is 10.1 Å². The summed E-state index contributed by atoms with van der Waals surface area (Å²) in [5.74, 6) is -0.992. The second-order valence-electron chi connectivity index (χ2n) is 3.87. The van der Waals surface area contributed by atoms with Crippen LogP contribution in [0.2, 0.25) is 0 Å². The molecule has 0 aliphatic heterocycles. The maximum atomic E-state index is 12.9. The van der Waals surface area contributed by atoms with Crippen molar-refractivity contribution in [2.45, 2.75) is 17.9 Å². The van der Waals surface area contributed by atoms with Gasteiger partial charge in [-0.3, -0.25) is 9.00 Å². The van der Waals surface area contributed by atoms with E-state index in [2.05, 4.69) is 5.32 Å². The molecule has 6 heteroatoms. The van der Waals surface area contributed by atoms with Crippen LogP contribution in [-0.4, -0.2) is 35.6 Å². The van der Waals surface area contributed by atoms with Gasteiger partial charge in [-0.1, -0.05) is 6.07 Å². The summed E-state index contributed by atoms with van der Waals surface area (Å²) in [5, 5.41) is 2.65. The quantitative estimate of drug-likeness (QED) is 0.844. The van der Waals surface area contributed by atoms with E-state index in [1.54, 1.807) is 6.92 Å². The maximum Gasteiger partial charge on any atom is 0.233 e. The van der Waals surface area contributed by atoms with E-state index in [0.717, 1.165) is 0 Å². The third-order valence-electron chi connectivity index (χ3n) is 2.15. The molecule has 100 valence electrons. The van der Waals surface area contributed by atoms with Crippen molar-refractivity contribution in [3.8, 4) is 0 Å². The Labute approximate surface area is 108 Å². The van der Waals surface area contributed by atoms with E-state index in [9.17, 15) is 13.4 Å². The zero-order chi connectivity index (χ0) is 13.5. The molecule has 0 fully saturated rings. The van der Waals surface area contributed by atoms with Crippen molar-refractivity contribution in [2.75, 3.05) is 19.5 Å². The van der Waals surface area contributed by atoms with E-state index in [0.29, 0.717) is 11.5 Å². The first-order chi connectivity index (χ1) is 8.52. The third-order valence-corrected chi connectivity index (χ3v) is 3.45. The molecule has 1 aromatic rings. The number of carbonyl (C=O) groups is 1. The molecular formula is C12H16FNO3S. The molecular weight excluding hydrogens is 257 g/mol. The van der Waals surface area contributed by atoms with E-state index in [1.807, 2.05) is 0 Å². The molecule has 1 aromatic carbocycles. The second-order valence-corrected chi connectivity index (χ2v) is 5.32. The summed E-state index contributed by atoms with van der Waals surface area (Å²) in [4.78, 5) is 11.9. The summed E-state index contributed by atoms with van der Waals surface area (Å²) in [6.45, 7) is 2.17. The van der Waals surface area contributed by atoms with Gasteiger partial charge in [0.25, 0.3) is 0 Å². The molecule has 2 unspecified atom stereocenters. The van der Waals surface area contributed by atoms with Gasteiger partial charge in [0.2, 0.25) is 5.91 Å². The van der Waals surface area contributed by atoms with Gasteiger partial charge in [0, 0.05) is 18.0 Å². The van der Waals surface area contributed by atoms with Crippen LogP contribution in [0.25, 0.3) is 0 Å². The Hall–Kier alpha value is -1.27. The summed E-state index contributed by atoms with van der Waals surface area (Å²) >= 11 is 0. The first-order valence-electron chi connectivity index (χ1n) is 5.45. The molecule has 0 aliphatic rings. The molecule has 0 aliphatic carbocycles. The number of hydrogen-bond donors (Lipinski definition) is 1. The van der Waals surface area contributed by atoms with E-state index < -0.39 is 16.6 Å². The Balaban J connectivity index is 2.52. The Bertz CT molecular complexity index is 439. The predicted molar refractivity (Wildman–Crippen MR) is 67.2 cm³/mol. The van der Waals surface area contributed by atoms with E-state index in [4.69, 9.17) is 4.74 Å². The van der Waals surface area contributed by atoms with Gasteiger partial charge >= 0.3 is 0 Å². The van der Waals surface area contributed by atoms with Gasteiger partial charge in [-0.2, -0.15) is 0 Å². The van der Waals surface area contributed by atoms with Gasteiger partial charge in [0.15, 0.2) is 0 Å². The minimum Gasteiger partial charge on any atom is -0.383 e. The van der Waals surface area contributed by atoms with Crippen molar-refractivity contribution in [3.63, 3.8) is 0 Å². The van der Waals surface area contributed by atoms with Crippen LogP contribution in [0.1, 0.15) is 6.92 Å². The number of carbonyl (C=O) groups excluding carboxylic acids is 1. The first-order valence-corrected chi connectivity index (χ1v) is 6.77. The summed E-state index contributed by atoms with van der Waals surface area (Å²) in [6.07, 6.45) is 0. The maximum absolute atomic E-state index is 12.9. The number of nitrogens with one attached hydrogen (secondary N) is 1. The highest BCUT2D eigenvalue weighted by atomic mass is 32.2. The normalized spacial score (nSPS) is 13.9. The smallest absolute Gasteiger partial charge is 0.233 e. The van der Waals surface area contributed by atoms with Crippen LogP contribution in [0.3, 0.4) is 0 Å². The molecule has 0 spiro atoms. The van der Waals surface area contributed by atoms with Crippen LogP contribution < -0.4 is 5.32 Å². The van der Waals surface area contributed by atoms with E-state index in [1.165, 1.54) is 31.4 Å². The van der Waals surface area contributed by atoms with Gasteiger partial charge in [0.05, 0.1) is 17.4 Å². The van der Waals surface area contributed by atoms with Crippen molar-refractivity contribution >= 4 is 16.7 Å². The number of rotatable bonds is 6. The monoisotopic (exact) mass is 273 g/mol. The van der Waals surface area contributed by atoms with Crippen molar-refractivity contribution in [1.29, 1.82) is 0 Å². The highest BCUT2D eigenvalue weighted by molar-refractivity contribution is 7.85. The van der Waals surface area contributed by atoms with E-state index >= 15 is 0 Å². The number of ether oxygens (including phenoxy) is 1. The minimum atomic E-state index is -1.54. The molecule has 1 rings (SSSR count). The van der Waals surface area contributed by atoms with Crippen LogP contribution in [0.15, 0.2) is 29.2 Å². The Morgan fingerprint density at radius 1 is 1.56 bits per heavy atom. The molecule has 1 N–H and O–H groups in total. The molecule has 0 saturated heterocycles. The molecule has 0 bridgehead atoms. The topological polar surface area (TPSA) is 55.4 Å². The standard InChI is InChI=1S/C12H16FNO3S/c1-9(7-17-2)14-12(15)8-18(16)11-5-3-4-10(13)6-11/h3-6,9H,7-8H2,1-2H3,(H,14,15). The lowest BCUT2D eigenvalue weighted by Crippen LogP contribution is -2.38. The number of benzene rings is 1. The number of amides is 1. The Morgan fingerprint density at radius 2 is 2.28 bits per heavy atom. The highest BCUT2D eigenvalue weighted by Gasteiger charge is 2.12. The first kappa shape index (κ1) is 14.8. The fraction of sp³-hybridized carbons (Fsp3) is 0.417. The Morgan fingerprint density at radius 3 is 2.89 bits per heavy atom. The lowest BCUT2D eigenvalue weighted by atomic mass is 10.3. The van der Waals surface area contributed by atoms with Crippen molar-refractivity contribution in [3.05, 3.63) is 30.1 Å². The van der Waals surface area contributed by atoms with E-state index in [-0.39, 0.29) is 17.7 Å². The summed E-state index contributed by atoms with van der Waals surface area (Å²) in [5.41, 5.74) is 0. The van der Waals surface area contributed by atoms with Crippen molar-refractivity contribution in [2.24, 2.45) is 0 Å². The summed E-state index contributed by atoms with van der Waals surface area (Å²) in [6, 6.07) is 5.29. The van der Waals surface area contributed by atoms with Crippen LogP contribution in [0, 0.1) is 5.82 Å². The molecule has 0 radical (unpaired) electrons. The molecule has 2 atom stereocenters. The number of halogens is 1. The average molecular weight is 273 g/mol. The van der Waals surface area contributed by atoms with Crippen molar-refractivity contribution < 1.29 is 18.1 Å². The number of methoxy groups -OCH3 is 1. The SMILES string of the molecule is COCC(C)NC(=O)CS(=O)c1cccc(F)c1. The summed E-state index contributed by atoms with van der Waals surface area (Å²) in [7, 11) is -0.00171. The molecule has 1 amide bonds. The molecule has 0 saturated carbocycles. The zero-order valence-corrected chi connectivity index (χ0v) is 11.1. The lowest BCUT2D eigenvalue weighted by Gasteiger charge is -2.12. The highest BCUT2D eigenvalue weighted by Crippen LogP contribution is 2.08. The van der Waals surface area contributed by atoms with Crippen LogP contribution in [-0.2, 0) is 20.3 Å². The molecule has 0 heterocycles. The van der Waals surface area contributed by atoms with Gasteiger partial charge in [-0.25, -0.2) is 4.39 Å². The van der Waals surface area contributed by atoms with Crippen LogP contribution in [0.4, 0.5) is 4.39 Å². The third kappa shape index (κ3) is 4.93. The fourth-order valence-corrected chi connectivity index (χ4v) is 2.38. The molecule has 4 nitrogen and oxygen atoms in total. The van der Waals surface area contributed by atoms with Crippen LogP contribution >= 0.6 is 0 Å². The zero-order valence-electron chi connectivity index (χ0n) is 10.3. The Kier molecular flexibility index (Phi) is 5.94. The predicted octanol–water partition coefficient (Wildman–Crippen LogP) is 1.08. The summed E-state index contributed by atoms with van der Waals surface area (Å²) < 4.78 is 29.6. The largest absolute Gasteiger partial charge is 0.383 e. The molecule has 0 aromatic heterocycles. The van der Waals surface area contributed by atoms with Gasteiger partial charge in [0.1, 0.15) is 11.6 Å². The lowest BCUT2D eigenvalue weighted by molar-refractivity contribution is -0.119. The average Bonchev–Trinajstić information content (AvgIpc) is 2.28. The molecule has 18 heavy (non-hydrogen) atoms. The number of hydrogen-bond acceptors (Lipinski definition) is 3. The minimum absolute atomic E-state index is 0.146. The van der Waals surface area contributed by atoms with Gasteiger partial charge in [-0.05, 0) is 25.1 Å². The second kappa shape index (κ2) is 7.23. The van der Waals surface area contributed by atoms with Gasteiger partial charge in [-0.15, -0.1) is 0 Å². The fourth-order valence-electron chi connectivity index (χ4n) is 1.42.